The van der Waals surface area contributed by atoms with E-state index < -0.39 is 0 Å². The summed E-state index contributed by atoms with van der Waals surface area (Å²) in [7, 11) is 2.17. The lowest BCUT2D eigenvalue weighted by molar-refractivity contribution is 0.667. The third kappa shape index (κ3) is 10.6. The average molecular weight is 843 g/mol. The molecule has 0 N–H and O–H groups in total. The molecule has 2 nitrogen and oxygen atoms in total. The van der Waals surface area contributed by atoms with Gasteiger partial charge in [0.15, 0.2) is 0 Å². The molecule has 8 rings (SSSR count). The van der Waals surface area contributed by atoms with E-state index in [1.54, 1.807) is 0 Å². The molecule has 63 heavy (non-hydrogen) atoms. The van der Waals surface area contributed by atoms with Crippen LogP contribution in [0.25, 0.3) is 43.1 Å². The molecule has 0 saturated carbocycles. The monoisotopic (exact) mass is 842 g/mol. The van der Waals surface area contributed by atoms with Crippen LogP contribution in [0.15, 0.2) is 182 Å². The van der Waals surface area contributed by atoms with Gasteiger partial charge in [-0.15, -0.1) is 11.3 Å². The first-order valence-corrected chi connectivity index (χ1v) is 24.1. The lowest BCUT2D eigenvalue weighted by atomic mass is 9.91. The van der Waals surface area contributed by atoms with E-state index in [2.05, 4.69) is 220 Å². The van der Waals surface area contributed by atoms with Crippen LogP contribution >= 0.6 is 11.3 Å². The van der Waals surface area contributed by atoms with Crippen LogP contribution in [0.3, 0.4) is 0 Å². The molecule has 0 aliphatic heterocycles. The van der Waals surface area contributed by atoms with Gasteiger partial charge in [-0.25, -0.2) is 0 Å². The van der Waals surface area contributed by atoms with Crippen molar-refractivity contribution in [1.29, 1.82) is 0 Å². The fraction of sp³-hybridized carbons (Fsp3) is 0.233. The van der Waals surface area contributed by atoms with Gasteiger partial charge in [0.25, 0.3) is 0 Å². The Bertz CT molecular complexity index is 2610. The highest BCUT2D eigenvalue weighted by molar-refractivity contribution is 7.20. The Kier molecular flexibility index (Phi) is 14.7. The van der Waals surface area contributed by atoms with Crippen LogP contribution in [0.4, 0.5) is 28.4 Å². The van der Waals surface area contributed by atoms with Crippen molar-refractivity contribution in [3.05, 3.63) is 199 Å². The van der Waals surface area contributed by atoms with Crippen LogP contribution in [0, 0.1) is 6.92 Å². The summed E-state index contributed by atoms with van der Waals surface area (Å²) in [6.07, 6.45) is 12.5. The third-order valence-corrected chi connectivity index (χ3v) is 13.7. The number of thiophene rings is 1. The van der Waals surface area contributed by atoms with Gasteiger partial charge in [-0.1, -0.05) is 179 Å². The van der Waals surface area contributed by atoms with Crippen molar-refractivity contribution < 1.29 is 0 Å². The number of hydrogen-bond acceptors (Lipinski definition) is 3. The lowest BCUT2D eigenvalue weighted by Crippen LogP contribution is -2.12. The smallest absolute Gasteiger partial charge is 0.0463 e. The van der Waals surface area contributed by atoms with E-state index in [9.17, 15) is 0 Å². The minimum atomic E-state index is 1.12. The van der Waals surface area contributed by atoms with Crippen molar-refractivity contribution in [2.45, 2.75) is 85.0 Å². The van der Waals surface area contributed by atoms with E-state index in [1.807, 2.05) is 11.3 Å². The number of nitrogens with zero attached hydrogens (tertiary/aromatic N) is 2. The fourth-order valence-corrected chi connectivity index (χ4v) is 10.1. The van der Waals surface area contributed by atoms with Crippen LogP contribution in [0.2, 0.25) is 0 Å². The molecule has 0 atom stereocenters. The molecule has 0 aliphatic rings. The molecule has 0 spiro atoms. The van der Waals surface area contributed by atoms with Crippen molar-refractivity contribution in [2.75, 3.05) is 16.8 Å². The molecule has 3 heteroatoms. The van der Waals surface area contributed by atoms with Crippen molar-refractivity contribution in [3.63, 3.8) is 0 Å². The zero-order valence-electron chi connectivity index (χ0n) is 37.7. The summed E-state index contributed by atoms with van der Waals surface area (Å²) in [4.78, 5) is 7.26. The largest absolute Gasteiger partial charge is 0.345 e. The maximum absolute atomic E-state index is 2.40. The second-order valence-corrected chi connectivity index (χ2v) is 18.0. The first-order valence-electron chi connectivity index (χ1n) is 23.3. The molecule has 7 aromatic carbocycles. The number of benzene rings is 7. The van der Waals surface area contributed by atoms with Crippen LogP contribution < -0.4 is 9.80 Å². The zero-order chi connectivity index (χ0) is 43.4. The van der Waals surface area contributed by atoms with Gasteiger partial charge in [-0.05, 0) is 127 Å². The number of aryl methyl sites for hydroxylation is 3. The SMILES string of the molecule is CCCCCCc1ccc(N(C)c2ccc(N(c3ccc(CCCCCC)cc3)c3ccc(-c4sc(-c5ccc(C)cc5)c(-c5ccccc5)c4-c4ccccc4)cc3)cc2)cc1. The molecule has 318 valence electrons. The summed E-state index contributed by atoms with van der Waals surface area (Å²) in [5, 5.41) is 0. The van der Waals surface area contributed by atoms with Gasteiger partial charge >= 0.3 is 0 Å². The van der Waals surface area contributed by atoms with E-state index in [-0.39, 0.29) is 0 Å². The molecule has 0 aliphatic carbocycles. The number of anilines is 5. The van der Waals surface area contributed by atoms with E-state index in [0.717, 1.165) is 35.6 Å². The number of rotatable bonds is 19. The van der Waals surface area contributed by atoms with Crippen molar-refractivity contribution >= 4 is 39.8 Å². The lowest BCUT2D eigenvalue weighted by Gasteiger charge is -2.27. The molecule has 0 saturated heterocycles. The van der Waals surface area contributed by atoms with Crippen molar-refractivity contribution in [2.24, 2.45) is 0 Å². The first kappa shape index (κ1) is 43.5. The van der Waals surface area contributed by atoms with Crippen LogP contribution in [-0.2, 0) is 12.8 Å². The van der Waals surface area contributed by atoms with Gasteiger partial charge in [0, 0.05) is 56.4 Å². The second-order valence-electron chi connectivity index (χ2n) is 17.0. The molecule has 0 radical (unpaired) electrons. The molecule has 1 heterocycles. The predicted octanol–water partition coefficient (Wildman–Crippen LogP) is 18.2. The van der Waals surface area contributed by atoms with Gasteiger partial charge < -0.3 is 9.80 Å². The Morgan fingerprint density at radius 1 is 0.365 bits per heavy atom. The second kappa shape index (κ2) is 21.3. The molecule has 0 fully saturated rings. The van der Waals surface area contributed by atoms with Gasteiger partial charge in [0.2, 0.25) is 0 Å². The van der Waals surface area contributed by atoms with Crippen molar-refractivity contribution in [1.82, 2.24) is 0 Å². The maximum atomic E-state index is 2.40. The van der Waals surface area contributed by atoms with Crippen LogP contribution in [0.5, 0.6) is 0 Å². The molecule has 0 bridgehead atoms. The third-order valence-electron chi connectivity index (χ3n) is 12.4. The molecular formula is C60H62N2S. The van der Waals surface area contributed by atoms with E-state index in [0.29, 0.717) is 0 Å². The van der Waals surface area contributed by atoms with Crippen LogP contribution in [-0.4, -0.2) is 7.05 Å². The zero-order valence-corrected chi connectivity index (χ0v) is 38.5. The fourth-order valence-electron chi connectivity index (χ4n) is 8.70. The van der Waals surface area contributed by atoms with Gasteiger partial charge in [-0.2, -0.15) is 0 Å². The summed E-state index contributed by atoms with van der Waals surface area (Å²) < 4.78 is 0. The average Bonchev–Trinajstić information content (AvgIpc) is 3.74. The standard InChI is InChI=1S/C60H62N2S/c1-5-7-9-13-19-46-27-35-52(36-28-46)61(4)53-41-43-56(44-42-53)62(54-37-29-47(30-38-54)20-14-10-8-6-2)55-39-33-51(34-40-55)60-58(49-23-17-12-18-24-49)57(48-21-15-11-16-22-48)59(63-60)50-31-25-45(3)26-32-50/h11-12,15-18,21-44H,5-10,13-14,19-20H2,1-4H3. The highest BCUT2D eigenvalue weighted by Crippen LogP contribution is 2.52. The summed E-state index contributed by atoms with van der Waals surface area (Å²) >= 11 is 1.90. The maximum Gasteiger partial charge on any atom is 0.0463 e. The van der Waals surface area contributed by atoms with Crippen molar-refractivity contribution in [3.8, 4) is 43.1 Å². The quantitative estimate of drug-likeness (QED) is 0.0748. The summed E-state index contributed by atoms with van der Waals surface area (Å²) in [6, 6.07) is 67.6. The highest BCUT2D eigenvalue weighted by Gasteiger charge is 2.24. The summed E-state index contributed by atoms with van der Waals surface area (Å²) in [5.74, 6) is 0. The van der Waals surface area contributed by atoms with E-state index in [1.165, 1.54) is 117 Å². The minimum Gasteiger partial charge on any atom is -0.345 e. The molecule has 0 amide bonds. The molecule has 1 aromatic heterocycles. The van der Waals surface area contributed by atoms with E-state index >= 15 is 0 Å². The summed E-state index contributed by atoms with van der Waals surface area (Å²) in [6.45, 7) is 6.71. The summed E-state index contributed by atoms with van der Waals surface area (Å²) in [5.41, 5.74) is 17.4. The Morgan fingerprint density at radius 2 is 0.730 bits per heavy atom. The van der Waals surface area contributed by atoms with Crippen LogP contribution in [0.1, 0.15) is 81.9 Å². The molecular weight excluding hydrogens is 781 g/mol. The van der Waals surface area contributed by atoms with Gasteiger partial charge in [0.05, 0.1) is 0 Å². The Hall–Kier alpha value is -6.16. The molecule has 8 aromatic rings. The van der Waals surface area contributed by atoms with Gasteiger partial charge in [-0.3, -0.25) is 0 Å². The highest BCUT2D eigenvalue weighted by atomic mass is 32.1. The molecule has 0 unspecified atom stereocenters. The van der Waals surface area contributed by atoms with E-state index in [4.69, 9.17) is 0 Å². The normalized spacial score (nSPS) is 11.2. The minimum absolute atomic E-state index is 1.12. The first-order chi connectivity index (χ1) is 31.0. The number of unbranched alkanes of at least 4 members (excludes halogenated alkanes) is 6. The Morgan fingerprint density at radius 3 is 1.16 bits per heavy atom. The predicted molar refractivity (Wildman–Crippen MR) is 276 cm³/mol. The topological polar surface area (TPSA) is 6.48 Å². The Labute approximate surface area is 381 Å². The van der Waals surface area contributed by atoms with Gasteiger partial charge in [0.1, 0.15) is 0 Å². The Balaban J connectivity index is 1.15. The number of hydrogen-bond donors (Lipinski definition) is 0.